The van der Waals surface area contributed by atoms with Gasteiger partial charge in [0.15, 0.2) is 23.2 Å². The average Bonchev–Trinajstić information content (AvgIpc) is 3.88. The summed E-state index contributed by atoms with van der Waals surface area (Å²) in [5, 5.41) is 18.7. The van der Waals surface area contributed by atoms with Gasteiger partial charge < -0.3 is 19.8 Å². The number of carbonyl (C=O) groups is 3. The van der Waals surface area contributed by atoms with E-state index in [-0.39, 0.29) is 35.4 Å². The molecule has 320 valence electrons. The number of imidazole rings is 1. The van der Waals surface area contributed by atoms with Crippen molar-refractivity contribution in [3.8, 4) is 17.2 Å². The summed E-state index contributed by atoms with van der Waals surface area (Å²) in [5.74, 6) is -6.38. The highest BCUT2D eigenvalue weighted by atomic mass is 19.2. The summed E-state index contributed by atoms with van der Waals surface area (Å²) in [4.78, 5) is 68.6. The molecule has 2 saturated heterocycles. The molecule has 0 radical (unpaired) electrons. The van der Waals surface area contributed by atoms with Crippen LogP contribution in [-0.4, -0.2) is 96.2 Å². The number of aromatic hydroxyl groups is 1. The second-order valence-corrected chi connectivity index (χ2v) is 17.0. The van der Waals surface area contributed by atoms with Crippen LogP contribution in [0.2, 0.25) is 0 Å². The third-order valence-corrected chi connectivity index (χ3v) is 13.5. The van der Waals surface area contributed by atoms with Gasteiger partial charge in [-0.3, -0.25) is 33.7 Å². The molecule has 61 heavy (non-hydrogen) atoms. The molecule has 3 N–H and O–H groups in total. The Morgan fingerprint density at radius 1 is 0.967 bits per heavy atom. The first-order valence-electron chi connectivity index (χ1n) is 20.7. The first-order chi connectivity index (χ1) is 29.3. The van der Waals surface area contributed by atoms with Gasteiger partial charge in [-0.1, -0.05) is 11.2 Å². The molecule has 3 amide bonds. The van der Waals surface area contributed by atoms with E-state index in [4.69, 9.17) is 9.51 Å². The van der Waals surface area contributed by atoms with Crippen molar-refractivity contribution in [1.29, 1.82) is 0 Å². The van der Waals surface area contributed by atoms with Crippen LogP contribution in [0.25, 0.3) is 22.5 Å². The molecular formula is C42H45F3N10O6. The number of aryl methyl sites for hydroxylation is 2. The van der Waals surface area contributed by atoms with Gasteiger partial charge in [-0.15, -0.1) is 0 Å². The molecule has 19 heteroatoms. The average molecular weight is 843 g/mol. The number of anilines is 1. The van der Waals surface area contributed by atoms with Gasteiger partial charge in [0.1, 0.15) is 6.04 Å². The Hall–Kier alpha value is -6.11. The number of hydrogen-bond donors (Lipinski definition) is 3. The highest BCUT2D eigenvalue weighted by Gasteiger charge is 2.51. The first-order valence-corrected chi connectivity index (χ1v) is 20.7. The van der Waals surface area contributed by atoms with Gasteiger partial charge in [0.2, 0.25) is 23.6 Å². The van der Waals surface area contributed by atoms with Crippen molar-refractivity contribution in [3.63, 3.8) is 0 Å². The van der Waals surface area contributed by atoms with E-state index in [0.717, 1.165) is 95.2 Å². The quantitative estimate of drug-likeness (QED) is 0.128. The van der Waals surface area contributed by atoms with Gasteiger partial charge in [-0.25, -0.2) is 23.5 Å². The number of imide groups is 1. The zero-order valence-corrected chi connectivity index (χ0v) is 33.6. The summed E-state index contributed by atoms with van der Waals surface area (Å²) >= 11 is 0. The number of halogens is 3. The van der Waals surface area contributed by atoms with Gasteiger partial charge in [-0.2, -0.15) is 9.37 Å². The maximum atomic E-state index is 14.3. The number of phenolic OH excluding ortho intramolecular Hbond substituents is 1. The van der Waals surface area contributed by atoms with Crippen LogP contribution in [0.3, 0.4) is 0 Å². The molecule has 0 unspecified atom stereocenters. The summed E-state index contributed by atoms with van der Waals surface area (Å²) in [7, 11) is 1.70. The van der Waals surface area contributed by atoms with Crippen molar-refractivity contribution in [1.82, 2.24) is 44.8 Å². The van der Waals surface area contributed by atoms with Gasteiger partial charge in [0.05, 0.1) is 22.2 Å². The normalized spacial score (nSPS) is 23.1. The number of carbonyl (C=O) groups excluding carboxylic acids is 3. The lowest BCUT2D eigenvalue weighted by atomic mass is 9.53. The Morgan fingerprint density at radius 2 is 1.69 bits per heavy atom. The van der Waals surface area contributed by atoms with Crippen LogP contribution in [0, 0.1) is 22.9 Å². The zero-order chi connectivity index (χ0) is 42.6. The smallest absolute Gasteiger partial charge is 0.329 e. The number of nitrogens with zero attached hydrogens (tertiary/aromatic N) is 8. The molecule has 5 fully saturated rings. The second-order valence-electron chi connectivity index (χ2n) is 17.0. The molecule has 2 bridgehead atoms. The number of rotatable bonds is 11. The molecule has 3 aromatic heterocycles. The molecule has 2 aromatic carbocycles. The second kappa shape index (κ2) is 15.7. The third kappa shape index (κ3) is 7.41. The van der Waals surface area contributed by atoms with E-state index in [1.165, 1.54) is 4.57 Å². The van der Waals surface area contributed by atoms with Crippen molar-refractivity contribution in [2.45, 2.75) is 75.7 Å². The number of benzene rings is 2. The van der Waals surface area contributed by atoms with Crippen molar-refractivity contribution in [2.24, 2.45) is 12.5 Å². The molecule has 10 rings (SSSR count). The largest absolute Gasteiger partial charge is 0.503 e. The lowest BCUT2D eigenvalue weighted by molar-refractivity contribution is -0.135. The molecule has 5 heterocycles. The van der Waals surface area contributed by atoms with Gasteiger partial charge in [0, 0.05) is 64.0 Å². The van der Waals surface area contributed by atoms with E-state index in [9.17, 15) is 37.5 Å². The van der Waals surface area contributed by atoms with Crippen molar-refractivity contribution in [3.05, 3.63) is 81.5 Å². The van der Waals surface area contributed by atoms with Gasteiger partial charge in [-0.05, 0) is 93.5 Å². The summed E-state index contributed by atoms with van der Waals surface area (Å²) in [6.07, 6.45) is 10.1. The lowest BCUT2D eigenvalue weighted by Crippen LogP contribution is -2.49. The van der Waals surface area contributed by atoms with Crippen LogP contribution in [-0.2, 0) is 28.5 Å². The van der Waals surface area contributed by atoms with E-state index < -0.39 is 46.6 Å². The number of amides is 3. The Bertz CT molecular complexity index is 2580. The standard InChI is InChI=1S/C42H45F3N10O6/c1-52-30-19-24(4-5-28(30)55(40(52)60)29-6-7-31(56)49-36(29)59)3-2-14-53-15-17-54(18-16-53)39-46-21-25(22-47-39)37-50-38(51-61-37)42-11-8-41(9-12-42,10-13-42)23-48-35(58)26-20-27(43)34(57)33(45)32(26)44/h4-5,19-22,29,57H,2-3,6-18,23H2,1H3,(H,48,58)(H,49,56,59)/t29-,41?,42?/m1/s1. The van der Waals surface area contributed by atoms with Gasteiger partial charge >= 0.3 is 5.69 Å². The number of phenols is 1. The lowest BCUT2D eigenvalue weighted by Gasteiger charge is -2.52. The fourth-order valence-electron chi connectivity index (χ4n) is 9.60. The molecule has 5 aliphatic rings. The fourth-order valence-corrected chi connectivity index (χ4v) is 9.60. The van der Waals surface area contributed by atoms with Crippen LogP contribution in [0.15, 0.2) is 46.0 Å². The van der Waals surface area contributed by atoms with Crippen molar-refractivity contribution < 1.29 is 37.2 Å². The highest BCUT2D eigenvalue weighted by molar-refractivity contribution is 6.00. The Kier molecular flexibility index (Phi) is 10.4. The minimum absolute atomic E-state index is 0.199. The number of piperidine rings is 1. The molecule has 3 aliphatic carbocycles. The molecule has 5 aromatic rings. The van der Waals surface area contributed by atoms with E-state index in [1.54, 1.807) is 24.0 Å². The number of fused-ring (bicyclic) bond motifs is 4. The van der Waals surface area contributed by atoms with Crippen LogP contribution in [0.5, 0.6) is 5.75 Å². The maximum absolute atomic E-state index is 14.3. The van der Waals surface area contributed by atoms with E-state index >= 15 is 0 Å². The summed E-state index contributed by atoms with van der Waals surface area (Å²) in [5.41, 5.74) is 1.55. The minimum atomic E-state index is -1.79. The topological polar surface area (TPSA) is 194 Å². The number of nitrogens with one attached hydrogen (secondary N) is 2. The fraction of sp³-hybridized carbons (Fsp3) is 0.476. The van der Waals surface area contributed by atoms with Crippen LogP contribution in [0.1, 0.15) is 85.6 Å². The maximum Gasteiger partial charge on any atom is 0.329 e. The summed E-state index contributed by atoms with van der Waals surface area (Å²) in [6, 6.07) is 5.70. The van der Waals surface area contributed by atoms with Crippen LogP contribution < -0.4 is 21.2 Å². The van der Waals surface area contributed by atoms with Crippen LogP contribution >= 0.6 is 0 Å². The molecular weight excluding hydrogens is 798 g/mol. The van der Waals surface area contributed by atoms with Crippen LogP contribution in [0.4, 0.5) is 19.1 Å². The molecule has 1 atom stereocenters. The van der Waals surface area contributed by atoms with E-state index in [0.29, 0.717) is 41.2 Å². The van der Waals surface area contributed by atoms with E-state index in [2.05, 4.69) is 35.6 Å². The molecule has 2 aliphatic heterocycles. The monoisotopic (exact) mass is 842 g/mol. The summed E-state index contributed by atoms with van der Waals surface area (Å²) < 4.78 is 50.7. The Balaban J connectivity index is 0.744. The molecule has 16 nitrogen and oxygen atoms in total. The van der Waals surface area contributed by atoms with Crippen molar-refractivity contribution in [2.75, 3.05) is 44.2 Å². The number of aromatic nitrogens is 6. The highest BCUT2D eigenvalue weighted by Crippen LogP contribution is 2.57. The molecule has 0 spiro atoms. The number of hydrogen-bond acceptors (Lipinski definition) is 12. The third-order valence-electron chi connectivity index (χ3n) is 13.5. The SMILES string of the molecule is Cn1c(=O)n([C@@H]2CCC(=O)NC2=O)c2ccc(CCCN3CCN(c4ncc(-c5nc(C67CCC(CNC(=O)c8cc(F)c(O)c(F)c8F)(CC6)CC7)no5)cn4)CC3)cc21. The molecule has 3 saturated carbocycles. The predicted molar refractivity (Wildman–Crippen MR) is 213 cm³/mol. The number of piperazine rings is 1. The predicted octanol–water partition coefficient (Wildman–Crippen LogP) is 4.06. The van der Waals surface area contributed by atoms with E-state index in [1.807, 2.05) is 18.2 Å². The Labute approximate surface area is 347 Å². The summed E-state index contributed by atoms with van der Waals surface area (Å²) in [6.45, 7) is 4.38. The Morgan fingerprint density at radius 3 is 2.39 bits per heavy atom. The first kappa shape index (κ1) is 40.3. The van der Waals surface area contributed by atoms with Gasteiger partial charge in [0.25, 0.3) is 11.8 Å². The van der Waals surface area contributed by atoms with Crippen molar-refractivity contribution >= 4 is 34.7 Å². The minimum Gasteiger partial charge on any atom is -0.503 e. The zero-order valence-electron chi connectivity index (χ0n) is 33.6.